The molecule has 0 aliphatic heterocycles. The van der Waals surface area contributed by atoms with Crippen LogP contribution in [0.15, 0.2) is 48.8 Å². The Morgan fingerprint density at radius 1 is 1.29 bits per heavy atom. The first kappa shape index (κ1) is 16.1. The Labute approximate surface area is 141 Å². The van der Waals surface area contributed by atoms with Gasteiger partial charge in [-0.15, -0.1) is 0 Å². The van der Waals surface area contributed by atoms with E-state index in [-0.39, 0.29) is 11.9 Å². The molecule has 1 N–H and O–H groups in total. The molecule has 0 saturated heterocycles. The smallest absolute Gasteiger partial charge is 0.271 e. The number of aryl methyl sites for hydroxylation is 1. The number of amides is 1. The summed E-state index contributed by atoms with van der Waals surface area (Å²) in [7, 11) is 0. The molecule has 0 unspecified atom stereocenters. The van der Waals surface area contributed by atoms with Gasteiger partial charge in [0.25, 0.3) is 5.91 Å². The maximum absolute atomic E-state index is 12.5. The third-order valence-electron chi connectivity index (χ3n) is 3.95. The van der Waals surface area contributed by atoms with Gasteiger partial charge in [0.1, 0.15) is 17.1 Å². The molecule has 5 heteroatoms. The molecule has 0 saturated carbocycles. The second-order valence-electron chi connectivity index (χ2n) is 5.75. The zero-order chi connectivity index (χ0) is 17.1. The van der Waals surface area contributed by atoms with Gasteiger partial charge in [0.15, 0.2) is 0 Å². The predicted molar refractivity (Wildman–Crippen MR) is 93.4 cm³/mol. The number of ether oxygens (including phenoxy) is 1. The molecule has 3 aromatic rings. The lowest BCUT2D eigenvalue weighted by Crippen LogP contribution is -2.26. The lowest BCUT2D eigenvalue weighted by atomic mass is 10.1. The quantitative estimate of drug-likeness (QED) is 0.781. The highest BCUT2D eigenvalue weighted by molar-refractivity contribution is 5.93. The zero-order valence-electron chi connectivity index (χ0n) is 14.1. The van der Waals surface area contributed by atoms with Crippen LogP contribution in [0.3, 0.4) is 0 Å². The maximum atomic E-state index is 12.5. The number of benzene rings is 1. The van der Waals surface area contributed by atoms with Gasteiger partial charge in [-0.05, 0) is 50.1 Å². The van der Waals surface area contributed by atoms with E-state index in [1.165, 1.54) is 0 Å². The van der Waals surface area contributed by atoms with Crippen molar-refractivity contribution in [2.24, 2.45) is 0 Å². The number of imidazole rings is 1. The summed E-state index contributed by atoms with van der Waals surface area (Å²) in [6.45, 7) is 6.52. The number of nitrogens with zero attached hydrogens (tertiary/aromatic N) is 2. The van der Waals surface area contributed by atoms with Crippen molar-refractivity contribution >= 4 is 11.6 Å². The SMILES string of the molecule is CCOc1ccc([C@@H](C)NC(=O)c2cn3cccc(C)c3n2)cc1. The van der Waals surface area contributed by atoms with E-state index in [0.717, 1.165) is 22.5 Å². The molecule has 1 amide bonds. The normalized spacial score (nSPS) is 12.1. The van der Waals surface area contributed by atoms with E-state index in [0.29, 0.717) is 12.3 Å². The number of rotatable bonds is 5. The topological polar surface area (TPSA) is 55.6 Å². The van der Waals surface area contributed by atoms with Gasteiger partial charge in [-0.3, -0.25) is 4.79 Å². The average Bonchev–Trinajstić information content (AvgIpc) is 3.01. The summed E-state index contributed by atoms with van der Waals surface area (Å²) >= 11 is 0. The van der Waals surface area contributed by atoms with Gasteiger partial charge in [0, 0.05) is 12.4 Å². The Kier molecular flexibility index (Phi) is 4.51. The van der Waals surface area contributed by atoms with E-state index in [2.05, 4.69) is 10.3 Å². The minimum Gasteiger partial charge on any atom is -0.494 e. The minimum absolute atomic E-state index is 0.112. The van der Waals surface area contributed by atoms with Crippen LogP contribution < -0.4 is 10.1 Å². The number of fused-ring (bicyclic) bond motifs is 1. The molecule has 2 aromatic heterocycles. The van der Waals surface area contributed by atoms with E-state index in [1.807, 2.05) is 67.8 Å². The summed E-state index contributed by atoms with van der Waals surface area (Å²) in [5.74, 6) is 0.648. The molecule has 3 rings (SSSR count). The molecule has 5 nitrogen and oxygen atoms in total. The first-order chi connectivity index (χ1) is 11.6. The van der Waals surface area contributed by atoms with Crippen LogP contribution in [-0.2, 0) is 0 Å². The van der Waals surface area contributed by atoms with Crippen molar-refractivity contribution in [3.63, 3.8) is 0 Å². The van der Waals surface area contributed by atoms with Crippen molar-refractivity contribution in [2.45, 2.75) is 26.8 Å². The fourth-order valence-electron chi connectivity index (χ4n) is 2.64. The molecule has 0 radical (unpaired) electrons. The van der Waals surface area contributed by atoms with Crippen LogP contribution in [0, 0.1) is 6.92 Å². The highest BCUT2D eigenvalue weighted by Gasteiger charge is 2.15. The molecule has 0 aliphatic rings. The van der Waals surface area contributed by atoms with E-state index in [9.17, 15) is 4.79 Å². The van der Waals surface area contributed by atoms with Gasteiger partial charge in [-0.25, -0.2) is 4.98 Å². The fourth-order valence-corrected chi connectivity index (χ4v) is 2.64. The number of carbonyl (C=O) groups is 1. The molecule has 0 spiro atoms. The molecule has 2 heterocycles. The molecule has 1 aromatic carbocycles. The molecule has 0 fully saturated rings. The van der Waals surface area contributed by atoms with Crippen LogP contribution in [0.5, 0.6) is 5.75 Å². The third-order valence-corrected chi connectivity index (χ3v) is 3.95. The molecule has 124 valence electrons. The lowest BCUT2D eigenvalue weighted by molar-refractivity contribution is 0.0935. The van der Waals surface area contributed by atoms with Crippen LogP contribution in [-0.4, -0.2) is 21.9 Å². The van der Waals surface area contributed by atoms with Crippen LogP contribution >= 0.6 is 0 Å². The van der Waals surface area contributed by atoms with Gasteiger partial charge >= 0.3 is 0 Å². The maximum Gasteiger partial charge on any atom is 0.271 e. The highest BCUT2D eigenvalue weighted by Crippen LogP contribution is 2.18. The fraction of sp³-hybridized carbons (Fsp3) is 0.263. The number of pyridine rings is 1. The largest absolute Gasteiger partial charge is 0.494 e. The van der Waals surface area contributed by atoms with Gasteiger partial charge in [0.05, 0.1) is 12.6 Å². The first-order valence-corrected chi connectivity index (χ1v) is 8.06. The zero-order valence-corrected chi connectivity index (χ0v) is 14.1. The summed E-state index contributed by atoms with van der Waals surface area (Å²) in [6.07, 6.45) is 3.64. The van der Waals surface area contributed by atoms with Crippen molar-refractivity contribution < 1.29 is 9.53 Å². The number of carbonyl (C=O) groups excluding carboxylic acids is 1. The summed E-state index contributed by atoms with van der Waals surface area (Å²) in [4.78, 5) is 16.9. The Bertz CT molecular complexity index is 853. The Morgan fingerprint density at radius 2 is 2.04 bits per heavy atom. The summed E-state index contributed by atoms with van der Waals surface area (Å²) in [5.41, 5.74) is 3.28. The number of hydrogen-bond donors (Lipinski definition) is 1. The molecule has 1 atom stereocenters. The van der Waals surface area contributed by atoms with Crippen LogP contribution in [0.1, 0.15) is 41.5 Å². The molecule has 24 heavy (non-hydrogen) atoms. The third kappa shape index (κ3) is 3.25. The van der Waals surface area contributed by atoms with E-state index < -0.39 is 0 Å². The minimum atomic E-state index is -0.181. The molecular formula is C19H21N3O2. The Hall–Kier alpha value is -2.82. The Morgan fingerprint density at radius 3 is 2.71 bits per heavy atom. The average molecular weight is 323 g/mol. The second kappa shape index (κ2) is 6.74. The van der Waals surface area contributed by atoms with Gasteiger partial charge in [-0.1, -0.05) is 18.2 Å². The molecular weight excluding hydrogens is 302 g/mol. The summed E-state index contributed by atoms with van der Waals surface area (Å²) in [5, 5.41) is 2.99. The van der Waals surface area contributed by atoms with Crippen LogP contribution in [0.4, 0.5) is 0 Å². The van der Waals surface area contributed by atoms with E-state index >= 15 is 0 Å². The number of aromatic nitrogens is 2. The summed E-state index contributed by atoms with van der Waals surface area (Å²) in [6, 6.07) is 11.6. The highest BCUT2D eigenvalue weighted by atomic mass is 16.5. The van der Waals surface area contributed by atoms with Crippen molar-refractivity contribution in [3.05, 3.63) is 65.6 Å². The van der Waals surface area contributed by atoms with Crippen LogP contribution in [0.2, 0.25) is 0 Å². The number of nitrogens with one attached hydrogen (secondary N) is 1. The lowest BCUT2D eigenvalue weighted by Gasteiger charge is -2.14. The van der Waals surface area contributed by atoms with Crippen molar-refractivity contribution in [2.75, 3.05) is 6.61 Å². The molecule has 0 aliphatic carbocycles. The number of hydrogen-bond acceptors (Lipinski definition) is 3. The van der Waals surface area contributed by atoms with Crippen molar-refractivity contribution in [1.82, 2.24) is 14.7 Å². The monoisotopic (exact) mass is 323 g/mol. The van der Waals surface area contributed by atoms with E-state index in [1.54, 1.807) is 6.20 Å². The first-order valence-electron chi connectivity index (χ1n) is 8.06. The van der Waals surface area contributed by atoms with Crippen LogP contribution in [0.25, 0.3) is 5.65 Å². The second-order valence-corrected chi connectivity index (χ2v) is 5.75. The van der Waals surface area contributed by atoms with Crippen molar-refractivity contribution in [1.29, 1.82) is 0 Å². The van der Waals surface area contributed by atoms with Crippen molar-refractivity contribution in [3.8, 4) is 5.75 Å². The van der Waals surface area contributed by atoms with E-state index in [4.69, 9.17) is 4.74 Å². The standard InChI is InChI=1S/C19H21N3O2/c1-4-24-16-9-7-15(8-10-16)14(3)20-19(23)17-12-22-11-5-6-13(2)18(22)21-17/h5-12,14H,4H2,1-3H3,(H,20,23)/t14-/m1/s1. The van der Waals surface area contributed by atoms with Gasteiger partial charge in [0.2, 0.25) is 0 Å². The van der Waals surface area contributed by atoms with Gasteiger partial charge < -0.3 is 14.5 Å². The molecule has 0 bridgehead atoms. The Balaban J connectivity index is 1.74. The predicted octanol–water partition coefficient (Wildman–Crippen LogP) is 3.53. The summed E-state index contributed by atoms with van der Waals surface area (Å²) < 4.78 is 7.30. The van der Waals surface area contributed by atoms with Gasteiger partial charge in [-0.2, -0.15) is 0 Å².